The lowest BCUT2D eigenvalue weighted by atomic mass is 9.98. The number of halogens is 1. The lowest BCUT2D eigenvalue weighted by molar-refractivity contribution is 0.411. The molecule has 0 unspecified atom stereocenters. The van der Waals surface area contributed by atoms with Crippen LogP contribution < -0.4 is 15.4 Å². The van der Waals surface area contributed by atoms with Gasteiger partial charge >= 0.3 is 0 Å². The van der Waals surface area contributed by atoms with Gasteiger partial charge in [0.1, 0.15) is 17.6 Å². The van der Waals surface area contributed by atoms with Crippen molar-refractivity contribution >= 4 is 17.8 Å². The molecule has 0 atom stereocenters. The number of hydrogen-bond donors (Lipinski definition) is 1. The summed E-state index contributed by atoms with van der Waals surface area (Å²) in [5.74, 6) is 0.0817. The van der Waals surface area contributed by atoms with Crippen molar-refractivity contribution in [2.24, 2.45) is 5.73 Å². The summed E-state index contributed by atoms with van der Waals surface area (Å²) < 4.78 is 19.6. The summed E-state index contributed by atoms with van der Waals surface area (Å²) in [6.45, 7) is 1.61. The highest BCUT2D eigenvalue weighted by molar-refractivity contribution is 5.87. The monoisotopic (exact) mass is 429 g/mol. The average Bonchev–Trinajstić information content (AvgIpc) is 2.82. The molecule has 3 aromatic rings. The van der Waals surface area contributed by atoms with Gasteiger partial charge in [-0.3, -0.25) is 9.97 Å². The number of hydrogen-bond acceptors (Lipinski definition) is 6. The van der Waals surface area contributed by atoms with Crippen LogP contribution in [0.15, 0.2) is 49.1 Å². The van der Waals surface area contributed by atoms with Crippen LogP contribution in [0.3, 0.4) is 0 Å². The molecule has 0 radical (unpaired) electrons. The Kier molecular flexibility index (Phi) is 6.43. The van der Waals surface area contributed by atoms with Crippen LogP contribution in [-0.2, 0) is 0 Å². The van der Waals surface area contributed by atoms with Crippen LogP contribution >= 0.6 is 0 Å². The van der Waals surface area contributed by atoms with Gasteiger partial charge in [0.2, 0.25) is 0 Å². The molecule has 1 fully saturated rings. The fourth-order valence-corrected chi connectivity index (χ4v) is 3.91. The number of nitriles is 1. The number of nitrogens with two attached hydrogens (primary N) is 1. The number of pyridine rings is 2. The van der Waals surface area contributed by atoms with Crippen LogP contribution in [0.25, 0.3) is 23.3 Å². The zero-order chi connectivity index (χ0) is 22.5. The van der Waals surface area contributed by atoms with E-state index in [9.17, 15) is 4.39 Å². The van der Waals surface area contributed by atoms with Crippen molar-refractivity contribution in [3.8, 4) is 22.9 Å². The van der Waals surface area contributed by atoms with Gasteiger partial charge in [-0.05, 0) is 42.2 Å². The van der Waals surface area contributed by atoms with Crippen LogP contribution in [0.5, 0.6) is 5.75 Å². The fourth-order valence-electron chi connectivity index (χ4n) is 3.91. The van der Waals surface area contributed by atoms with E-state index in [-0.39, 0.29) is 11.9 Å². The Labute approximate surface area is 186 Å². The lowest BCUT2D eigenvalue weighted by Crippen LogP contribution is -2.40. The fraction of sp³-hybridized carbons (Fsp3) is 0.240. The van der Waals surface area contributed by atoms with E-state index in [1.807, 2.05) is 18.2 Å². The number of anilines is 1. The van der Waals surface area contributed by atoms with E-state index in [1.165, 1.54) is 25.4 Å². The molecule has 1 saturated heterocycles. The summed E-state index contributed by atoms with van der Waals surface area (Å²) in [6.07, 6.45) is 12.4. The lowest BCUT2D eigenvalue weighted by Gasteiger charge is -2.34. The van der Waals surface area contributed by atoms with Gasteiger partial charge in [0, 0.05) is 61.1 Å². The highest BCUT2D eigenvalue weighted by Gasteiger charge is 2.22. The molecular weight excluding hydrogens is 405 g/mol. The Bertz CT molecular complexity index is 1180. The maximum atomic E-state index is 14.3. The van der Waals surface area contributed by atoms with Crippen molar-refractivity contribution in [2.45, 2.75) is 18.9 Å². The molecule has 4 rings (SSSR count). The van der Waals surface area contributed by atoms with Gasteiger partial charge in [-0.2, -0.15) is 5.26 Å². The Morgan fingerprint density at radius 3 is 2.62 bits per heavy atom. The standard InChI is InChI=1S/C25H24FN5O/c1-32-23-10-20(9-21(26)11-23)24-16-30-15-19(25(24)31-6-4-22(28)5-7-31)3-2-17-8-18(12-27)14-29-13-17/h2-3,8-11,13-16,22H,4-7,28H2,1H3. The molecule has 2 N–H and O–H groups in total. The molecule has 1 aromatic carbocycles. The highest BCUT2D eigenvalue weighted by atomic mass is 19.1. The molecule has 3 heterocycles. The Morgan fingerprint density at radius 1 is 1.09 bits per heavy atom. The normalized spacial score (nSPS) is 14.5. The van der Waals surface area contributed by atoms with Crippen molar-refractivity contribution < 1.29 is 9.13 Å². The van der Waals surface area contributed by atoms with Crippen LogP contribution in [0.4, 0.5) is 10.1 Å². The number of piperidine rings is 1. The summed E-state index contributed by atoms with van der Waals surface area (Å²) >= 11 is 0. The number of ether oxygens (including phenoxy) is 1. The number of nitrogens with zero attached hydrogens (tertiary/aromatic N) is 4. The zero-order valence-electron chi connectivity index (χ0n) is 17.8. The Balaban J connectivity index is 1.81. The summed E-state index contributed by atoms with van der Waals surface area (Å²) in [6, 6.07) is 8.73. The number of methoxy groups -OCH3 is 1. The molecule has 0 amide bonds. The first-order valence-corrected chi connectivity index (χ1v) is 10.4. The smallest absolute Gasteiger partial charge is 0.127 e. The average molecular weight is 429 g/mol. The first-order valence-electron chi connectivity index (χ1n) is 10.4. The first kappa shape index (κ1) is 21.5. The summed E-state index contributed by atoms with van der Waals surface area (Å²) in [5.41, 5.74) is 10.8. The molecule has 32 heavy (non-hydrogen) atoms. The third kappa shape index (κ3) is 4.76. The quantitative estimate of drug-likeness (QED) is 0.652. The summed E-state index contributed by atoms with van der Waals surface area (Å²) in [4.78, 5) is 10.8. The molecule has 0 saturated carbocycles. The van der Waals surface area contributed by atoms with E-state index >= 15 is 0 Å². The van der Waals surface area contributed by atoms with E-state index < -0.39 is 0 Å². The molecule has 6 nitrogen and oxygen atoms in total. The van der Waals surface area contributed by atoms with Gasteiger partial charge in [0.15, 0.2) is 0 Å². The van der Waals surface area contributed by atoms with Crippen LogP contribution in [-0.4, -0.2) is 36.2 Å². The molecule has 7 heteroatoms. The number of rotatable bonds is 5. The van der Waals surface area contributed by atoms with Crippen LogP contribution in [0, 0.1) is 17.1 Å². The molecule has 0 spiro atoms. The van der Waals surface area contributed by atoms with Crippen LogP contribution in [0.1, 0.15) is 29.5 Å². The van der Waals surface area contributed by atoms with Crippen molar-refractivity contribution in [1.29, 1.82) is 5.26 Å². The van der Waals surface area contributed by atoms with E-state index in [0.717, 1.165) is 48.3 Å². The Morgan fingerprint density at radius 2 is 1.88 bits per heavy atom. The molecule has 162 valence electrons. The van der Waals surface area contributed by atoms with Crippen molar-refractivity contribution in [1.82, 2.24) is 9.97 Å². The molecule has 1 aliphatic rings. The first-order chi connectivity index (χ1) is 15.6. The third-order valence-corrected chi connectivity index (χ3v) is 5.56. The second-order valence-electron chi connectivity index (χ2n) is 7.78. The van der Waals surface area contributed by atoms with Crippen molar-refractivity contribution in [2.75, 3.05) is 25.1 Å². The van der Waals surface area contributed by atoms with E-state index in [4.69, 9.17) is 15.7 Å². The topological polar surface area (TPSA) is 88.1 Å². The molecular formula is C25H24FN5O. The largest absolute Gasteiger partial charge is 0.497 e. The van der Waals surface area contributed by atoms with Crippen molar-refractivity contribution in [3.63, 3.8) is 0 Å². The van der Waals surface area contributed by atoms with Gasteiger partial charge in [0.25, 0.3) is 0 Å². The molecule has 1 aliphatic heterocycles. The minimum absolute atomic E-state index is 0.185. The zero-order valence-corrected chi connectivity index (χ0v) is 17.8. The number of aromatic nitrogens is 2. The predicted molar refractivity (Wildman–Crippen MR) is 123 cm³/mol. The summed E-state index contributed by atoms with van der Waals surface area (Å²) in [5, 5.41) is 9.13. The highest BCUT2D eigenvalue weighted by Crippen LogP contribution is 2.37. The maximum absolute atomic E-state index is 14.3. The Hall–Kier alpha value is -3.76. The van der Waals surface area contributed by atoms with Gasteiger partial charge in [-0.25, -0.2) is 4.39 Å². The predicted octanol–water partition coefficient (Wildman–Crippen LogP) is 4.26. The van der Waals surface area contributed by atoms with Crippen LogP contribution in [0.2, 0.25) is 0 Å². The van der Waals surface area contributed by atoms with E-state index in [1.54, 1.807) is 24.7 Å². The molecule has 0 aliphatic carbocycles. The van der Waals surface area contributed by atoms with Crippen molar-refractivity contribution in [3.05, 3.63) is 71.6 Å². The maximum Gasteiger partial charge on any atom is 0.127 e. The van der Waals surface area contributed by atoms with Gasteiger partial charge in [-0.15, -0.1) is 0 Å². The summed E-state index contributed by atoms with van der Waals surface area (Å²) in [7, 11) is 1.52. The third-order valence-electron chi connectivity index (χ3n) is 5.56. The molecule has 2 aromatic heterocycles. The van der Waals surface area contributed by atoms with Gasteiger partial charge < -0.3 is 15.4 Å². The SMILES string of the molecule is COc1cc(F)cc(-c2cncc(C=Cc3cncc(C#N)c3)c2N2CCC(N)CC2)c1. The second kappa shape index (κ2) is 9.58. The van der Waals surface area contributed by atoms with Gasteiger partial charge in [0.05, 0.1) is 18.4 Å². The van der Waals surface area contributed by atoms with E-state index in [0.29, 0.717) is 16.9 Å². The van der Waals surface area contributed by atoms with Gasteiger partial charge in [-0.1, -0.05) is 12.2 Å². The minimum Gasteiger partial charge on any atom is -0.497 e. The number of benzene rings is 1. The van der Waals surface area contributed by atoms with E-state index in [2.05, 4.69) is 20.9 Å². The minimum atomic E-state index is -0.369. The second-order valence-corrected chi connectivity index (χ2v) is 7.78. The molecule has 0 bridgehead atoms.